The van der Waals surface area contributed by atoms with E-state index in [1.807, 2.05) is 0 Å². The summed E-state index contributed by atoms with van der Waals surface area (Å²) >= 11 is 0. The minimum atomic E-state index is -0.990. The number of hydrogen-bond donors (Lipinski definition) is 1. The number of carbonyl (C=O) groups is 1. The molecule has 11 atom stereocenters. The van der Waals surface area contributed by atoms with Crippen LogP contribution in [0.25, 0.3) is 0 Å². The maximum Gasteiger partial charge on any atom is 0.302 e. The molecule has 0 radical (unpaired) electrons. The van der Waals surface area contributed by atoms with E-state index in [0.29, 0.717) is 18.9 Å². The van der Waals surface area contributed by atoms with Crippen LogP contribution in [0, 0.1) is 28.6 Å². The lowest BCUT2D eigenvalue weighted by Gasteiger charge is -2.68. The summed E-state index contributed by atoms with van der Waals surface area (Å²) in [6.45, 7) is 7.40. The van der Waals surface area contributed by atoms with Gasteiger partial charge < -0.3 is 28.8 Å². The zero-order valence-electron chi connectivity index (χ0n) is 17.5. The van der Waals surface area contributed by atoms with Crippen molar-refractivity contribution in [3.05, 3.63) is 0 Å². The van der Waals surface area contributed by atoms with Gasteiger partial charge in [0.05, 0.1) is 30.8 Å². The number of ether oxygens (including phenoxy) is 5. The summed E-state index contributed by atoms with van der Waals surface area (Å²) in [4.78, 5) is 12.0. The van der Waals surface area contributed by atoms with Gasteiger partial charge in [-0.2, -0.15) is 0 Å². The standard InChI is InChI=1S/C22H32O7/c1-11-6-17(27-12(2)23)22-15(8-14(28-19(22)24)9-21(22)10-26-21)20(11,3)16-7-13-4-5-25-18(13)29-16/h11,13-19,24H,4-10H2,1-3H3/t11-,13-,14-,15-,16-,17+,18+,19+,20+,21+,22-/m1/s1. The summed E-state index contributed by atoms with van der Waals surface area (Å²) in [6, 6.07) is 0. The second-order valence-electron chi connectivity index (χ2n) is 10.6. The summed E-state index contributed by atoms with van der Waals surface area (Å²) in [5.41, 5.74) is -1.37. The first-order chi connectivity index (χ1) is 13.8. The van der Waals surface area contributed by atoms with Gasteiger partial charge in [-0.1, -0.05) is 13.8 Å². The normalized spacial score (nSPS) is 60.1. The lowest BCUT2D eigenvalue weighted by Crippen LogP contribution is -2.76. The van der Waals surface area contributed by atoms with Crippen LogP contribution in [0.15, 0.2) is 0 Å². The fourth-order valence-corrected chi connectivity index (χ4v) is 7.98. The van der Waals surface area contributed by atoms with Gasteiger partial charge in [-0.25, -0.2) is 0 Å². The Hall–Kier alpha value is -0.730. The molecule has 1 N–H and O–H groups in total. The molecule has 0 unspecified atom stereocenters. The number of hydrogen-bond acceptors (Lipinski definition) is 7. The maximum absolute atomic E-state index is 12.0. The largest absolute Gasteiger partial charge is 0.462 e. The van der Waals surface area contributed by atoms with Crippen LogP contribution in [0.4, 0.5) is 0 Å². The minimum absolute atomic E-state index is 0.0286. The molecule has 7 aliphatic rings. The third kappa shape index (κ3) is 2.23. The lowest BCUT2D eigenvalue weighted by atomic mass is 9.40. The van der Waals surface area contributed by atoms with Crippen molar-refractivity contribution in [1.29, 1.82) is 0 Å². The number of aliphatic hydroxyl groups excluding tert-OH is 1. The zero-order chi connectivity index (χ0) is 20.2. The molecule has 0 amide bonds. The fraction of sp³-hybridized carbons (Fsp3) is 0.955. The molecule has 5 saturated heterocycles. The van der Waals surface area contributed by atoms with E-state index < -0.39 is 23.4 Å². The van der Waals surface area contributed by atoms with Crippen molar-refractivity contribution in [1.82, 2.24) is 0 Å². The van der Waals surface area contributed by atoms with Gasteiger partial charge in [-0.05, 0) is 37.5 Å². The topological polar surface area (TPSA) is 86.8 Å². The molecule has 2 saturated carbocycles. The molecule has 7 fully saturated rings. The Labute approximate surface area is 171 Å². The highest BCUT2D eigenvalue weighted by Gasteiger charge is 2.82. The van der Waals surface area contributed by atoms with E-state index in [-0.39, 0.29) is 41.7 Å². The molecular formula is C22H32O7. The average Bonchev–Trinajstić information content (AvgIpc) is 3.09. The van der Waals surface area contributed by atoms with Crippen molar-refractivity contribution in [3.8, 4) is 0 Å². The fourth-order valence-electron chi connectivity index (χ4n) is 7.98. The number of epoxide rings is 1. The predicted molar refractivity (Wildman–Crippen MR) is 99.5 cm³/mol. The summed E-state index contributed by atoms with van der Waals surface area (Å²) in [5, 5.41) is 11.3. The first-order valence-corrected chi connectivity index (χ1v) is 11.2. The monoisotopic (exact) mass is 408 g/mol. The minimum Gasteiger partial charge on any atom is -0.462 e. The van der Waals surface area contributed by atoms with Gasteiger partial charge in [-0.15, -0.1) is 0 Å². The molecule has 7 heteroatoms. The Morgan fingerprint density at radius 1 is 1.21 bits per heavy atom. The van der Waals surface area contributed by atoms with Gasteiger partial charge in [0, 0.05) is 24.7 Å². The van der Waals surface area contributed by atoms with E-state index >= 15 is 0 Å². The summed E-state index contributed by atoms with van der Waals surface area (Å²) in [5.74, 6) is 0.513. The molecule has 7 nitrogen and oxygen atoms in total. The van der Waals surface area contributed by atoms with Gasteiger partial charge in [0.25, 0.3) is 0 Å². The SMILES string of the molecule is CC(=O)O[C@H]1C[C@@H](C)[C@](C)([C@H]2C[C@H]3CCO[C@H]3O2)[C@H]2C[C@@H]3C[C@]4(CO4)[C@@]12[C@@H](O)O3. The van der Waals surface area contributed by atoms with Gasteiger partial charge in [-0.3, -0.25) is 4.79 Å². The highest BCUT2D eigenvalue weighted by atomic mass is 16.7. The summed E-state index contributed by atoms with van der Waals surface area (Å²) < 4.78 is 30.3. The quantitative estimate of drug-likeness (QED) is 0.552. The molecule has 0 aromatic carbocycles. The van der Waals surface area contributed by atoms with Crippen LogP contribution in [-0.4, -0.2) is 60.8 Å². The van der Waals surface area contributed by atoms with Crippen molar-refractivity contribution in [3.63, 3.8) is 0 Å². The highest BCUT2D eigenvalue weighted by Crippen LogP contribution is 2.73. The molecule has 2 spiro atoms. The Morgan fingerprint density at radius 2 is 2.00 bits per heavy atom. The number of fused-ring (bicyclic) bond motifs is 2. The lowest BCUT2D eigenvalue weighted by molar-refractivity contribution is -0.375. The van der Waals surface area contributed by atoms with E-state index in [1.165, 1.54) is 6.92 Å². The van der Waals surface area contributed by atoms with E-state index in [2.05, 4.69) is 13.8 Å². The Kier molecular flexibility index (Phi) is 3.89. The molecular weight excluding hydrogens is 376 g/mol. The van der Waals surface area contributed by atoms with Crippen LogP contribution >= 0.6 is 0 Å². The molecule has 5 aliphatic heterocycles. The number of carbonyl (C=O) groups excluding carboxylic acids is 1. The predicted octanol–water partition coefficient (Wildman–Crippen LogP) is 2.00. The van der Waals surface area contributed by atoms with Gasteiger partial charge in [0.1, 0.15) is 11.7 Å². The van der Waals surface area contributed by atoms with Crippen LogP contribution in [0.3, 0.4) is 0 Å². The smallest absolute Gasteiger partial charge is 0.302 e. The average molecular weight is 408 g/mol. The van der Waals surface area contributed by atoms with Crippen LogP contribution in [-0.2, 0) is 28.5 Å². The molecule has 162 valence electrons. The van der Waals surface area contributed by atoms with Gasteiger partial charge in [0.2, 0.25) is 0 Å². The van der Waals surface area contributed by atoms with Crippen LogP contribution in [0.5, 0.6) is 0 Å². The van der Waals surface area contributed by atoms with Crippen molar-refractivity contribution < 1.29 is 33.6 Å². The number of aliphatic hydroxyl groups is 1. The van der Waals surface area contributed by atoms with Crippen molar-refractivity contribution in [2.24, 2.45) is 28.6 Å². The van der Waals surface area contributed by atoms with Crippen LogP contribution in [0.1, 0.15) is 52.9 Å². The van der Waals surface area contributed by atoms with Crippen molar-refractivity contribution in [2.75, 3.05) is 13.2 Å². The highest BCUT2D eigenvalue weighted by molar-refractivity contribution is 5.66. The number of esters is 1. The number of rotatable bonds is 2. The third-order valence-corrected chi connectivity index (χ3v) is 9.53. The van der Waals surface area contributed by atoms with Crippen LogP contribution < -0.4 is 0 Å². The molecule has 0 aromatic heterocycles. The molecule has 5 heterocycles. The molecule has 7 rings (SSSR count). The van der Waals surface area contributed by atoms with E-state index in [4.69, 9.17) is 23.7 Å². The van der Waals surface area contributed by atoms with E-state index in [0.717, 1.165) is 32.3 Å². The van der Waals surface area contributed by atoms with E-state index in [9.17, 15) is 9.90 Å². The first-order valence-electron chi connectivity index (χ1n) is 11.2. The Bertz CT molecular complexity index is 710. The van der Waals surface area contributed by atoms with Gasteiger partial charge in [0.15, 0.2) is 12.6 Å². The summed E-state index contributed by atoms with van der Waals surface area (Å²) in [6.07, 6.45) is 2.87. The summed E-state index contributed by atoms with van der Waals surface area (Å²) in [7, 11) is 0. The Morgan fingerprint density at radius 3 is 2.69 bits per heavy atom. The molecule has 29 heavy (non-hydrogen) atoms. The van der Waals surface area contributed by atoms with E-state index in [1.54, 1.807) is 0 Å². The zero-order valence-corrected chi connectivity index (χ0v) is 17.5. The van der Waals surface area contributed by atoms with Crippen molar-refractivity contribution in [2.45, 2.75) is 89.4 Å². The van der Waals surface area contributed by atoms with Gasteiger partial charge >= 0.3 is 5.97 Å². The third-order valence-electron chi connectivity index (χ3n) is 9.53. The molecule has 2 aliphatic carbocycles. The van der Waals surface area contributed by atoms with Crippen molar-refractivity contribution >= 4 is 5.97 Å². The second-order valence-corrected chi connectivity index (χ2v) is 10.6. The second kappa shape index (κ2) is 5.94. The first kappa shape index (κ1) is 19.0. The Balaban J connectivity index is 1.45. The molecule has 2 bridgehead atoms. The van der Waals surface area contributed by atoms with Crippen LogP contribution in [0.2, 0.25) is 0 Å². The molecule has 0 aromatic rings. The maximum atomic E-state index is 12.0.